The van der Waals surface area contributed by atoms with Crippen molar-refractivity contribution >= 4 is 33.5 Å². The molecule has 184 valence electrons. The van der Waals surface area contributed by atoms with E-state index in [1.807, 2.05) is 61.9 Å². The van der Waals surface area contributed by atoms with E-state index in [2.05, 4.69) is 35.5 Å². The van der Waals surface area contributed by atoms with Gasteiger partial charge in [0.15, 0.2) is 0 Å². The third-order valence-electron chi connectivity index (χ3n) is 6.06. The van der Waals surface area contributed by atoms with Gasteiger partial charge in [0.1, 0.15) is 23.4 Å². The SMILES string of the molecule is Cc1cn(-c2nccc3[nH]c(-c4n[nH]c5ccc(-c6cncc(NC(=O)CC(C)C)c6)nc45)cc23)cn1. The van der Waals surface area contributed by atoms with Crippen molar-refractivity contribution in [3.8, 4) is 28.5 Å². The first-order chi connectivity index (χ1) is 17.9. The van der Waals surface area contributed by atoms with Gasteiger partial charge in [-0.2, -0.15) is 5.10 Å². The third-order valence-corrected chi connectivity index (χ3v) is 6.06. The first kappa shape index (κ1) is 22.6. The van der Waals surface area contributed by atoms with E-state index in [4.69, 9.17) is 4.98 Å². The Bertz CT molecular complexity index is 1760. The number of imidazole rings is 1. The number of anilines is 1. The molecule has 3 N–H and O–H groups in total. The van der Waals surface area contributed by atoms with E-state index < -0.39 is 0 Å². The predicted octanol–water partition coefficient (Wildman–Crippen LogP) is 5.04. The summed E-state index contributed by atoms with van der Waals surface area (Å²) in [6.45, 7) is 5.97. The second-order valence-electron chi connectivity index (χ2n) is 9.47. The lowest BCUT2D eigenvalue weighted by molar-refractivity contribution is -0.116. The number of pyridine rings is 3. The van der Waals surface area contributed by atoms with Crippen LogP contribution in [0.25, 0.3) is 50.4 Å². The maximum Gasteiger partial charge on any atom is 0.224 e. The zero-order valence-electron chi connectivity index (χ0n) is 20.6. The average Bonchev–Trinajstić information content (AvgIpc) is 3.60. The van der Waals surface area contributed by atoms with Crippen LogP contribution in [-0.2, 0) is 4.79 Å². The number of aryl methyl sites for hydroxylation is 1. The quantitative estimate of drug-likeness (QED) is 0.299. The molecule has 0 saturated heterocycles. The Hall–Kier alpha value is -4.86. The number of hydrogen-bond acceptors (Lipinski definition) is 6. The number of aromatic amines is 2. The molecule has 37 heavy (non-hydrogen) atoms. The molecule has 0 radical (unpaired) electrons. The fourth-order valence-corrected chi connectivity index (χ4v) is 4.39. The number of carbonyl (C=O) groups excluding carboxylic acids is 1. The monoisotopic (exact) mass is 491 g/mol. The van der Waals surface area contributed by atoms with Gasteiger partial charge in [0.05, 0.1) is 40.0 Å². The molecule has 6 aromatic heterocycles. The highest BCUT2D eigenvalue weighted by molar-refractivity contribution is 5.96. The summed E-state index contributed by atoms with van der Waals surface area (Å²) in [5.41, 5.74) is 7.10. The maximum absolute atomic E-state index is 12.2. The van der Waals surface area contributed by atoms with Gasteiger partial charge in [-0.05, 0) is 43.2 Å². The van der Waals surface area contributed by atoms with Crippen LogP contribution < -0.4 is 5.32 Å². The summed E-state index contributed by atoms with van der Waals surface area (Å²) in [5, 5.41) is 11.5. The number of carbonyl (C=O) groups is 1. The van der Waals surface area contributed by atoms with Crippen molar-refractivity contribution < 1.29 is 4.79 Å². The molecule has 6 heterocycles. The Morgan fingerprint density at radius 2 is 2.00 bits per heavy atom. The number of aromatic nitrogens is 8. The number of nitrogens with zero attached hydrogens (tertiary/aromatic N) is 6. The maximum atomic E-state index is 12.2. The molecule has 0 spiro atoms. The summed E-state index contributed by atoms with van der Waals surface area (Å²) in [6.07, 6.45) is 9.30. The number of rotatable bonds is 6. The van der Waals surface area contributed by atoms with Crippen molar-refractivity contribution in [1.82, 2.24) is 39.7 Å². The lowest BCUT2D eigenvalue weighted by Crippen LogP contribution is -2.13. The highest BCUT2D eigenvalue weighted by Gasteiger charge is 2.16. The number of fused-ring (bicyclic) bond motifs is 2. The Labute approximate surface area is 212 Å². The molecule has 0 saturated carbocycles. The Kier molecular flexibility index (Phi) is 5.48. The zero-order chi connectivity index (χ0) is 25.5. The molecule has 6 aromatic rings. The van der Waals surface area contributed by atoms with Crippen molar-refractivity contribution in [3.05, 3.63) is 67.1 Å². The molecule has 0 atom stereocenters. The van der Waals surface area contributed by atoms with Gasteiger partial charge < -0.3 is 10.3 Å². The third kappa shape index (κ3) is 4.33. The van der Waals surface area contributed by atoms with E-state index in [0.29, 0.717) is 17.8 Å². The van der Waals surface area contributed by atoms with E-state index in [0.717, 1.165) is 50.4 Å². The van der Waals surface area contributed by atoms with E-state index in [9.17, 15) is 4.79 Å². The van der Waals surface area contributed by atoms with Gasteiger partial charge in [0, 0.05) is 36.0 Å². The molecule has 0 fully saturated rings. The van der Waals surface area contributed by atoms with E-state index in [1.54, 1.807) is 24.9 Å². The van der Waals surface area contributed by atoms with Gasteiger partial charge in [-0.25, -0.2) is 15.0 Å². The molecule has 0 aromatic carbocycles. The number of H-pyrrole nitrogens is 2. The van der Waals surface area contributed by atoms with Crippen LogP contribution in [0.4, 0.5) is 5.69 Å². The summed E-state index contributed by atoms with van der Waals surface area (Å²) < 4.78 is 1.91. The first-order valence-electron chi connectivity index (χ1n) is 12.0. The van der Waals surface area contributed by atoms with Crippen molar-refractivity contribution in [2.24, 2.45) is 5.92 Å². The lowest BCUT2D eigenvalue weighted by atomic mass is 10.1. The normalized spacial score (nSPS) is 11.6. The summed E-state index contributed by atoms with van der Waals surface area (Å²) in [5.74, 6) is 1.03. The van der Waals surface area contributed by atoms with Gasteiger partial charge >= 0.3 is 0 Å². The topological polar surface area (TPSA) is 130 Å². The van der Waals surface area contributed by atoms with Crippen molar-refractivity contribution in [2.75, 3.05) is 5.32 Å². The highest BCUT2D eigenvalue weighted by atomic mass is 16.1. The largest absolute Gasteiger partial charge is 0.353 e. The summed E-state index contributed by atoms with van der Waals surface area (Å²) in [4.78, 5) is 33.8. The van der Waals surface area contributed by atoms with Crippen LogP contribution in [0.5, 0.6) is 0 Å². The predicted molar refractivity (Wildman–Crippen MR) is 142 cm³/mol. The standard InChI is InChI=1S/C27H25N9O/c1-15(2)8-24(37)31-18-9-17(11-28-12-18)20-4-5-22-25(33-20)26(35-34-22)23-10-19-21(32-23)6-7-29-27(19)36-13-16(3)30-14-36/h4-7,9-15,32H,8H2,1-3H3,(H,31,37)(H,34,35). The second-order valence-corrected chi connectivity index (χ2v) is 9.47. The fraction of sp³-hybridized carbons (Fsp3) is 0.185. The smallest absolute Gasteiger partial charge is 0.224 e. The van der Waals surface area contributed by atoms with Crippen LogP contribution in [0.3, 0.4) is 0 Å². The Morgan fingerprint density at radius 3 is 2.81 bits per heavy atom. The molecule has 10 heteroatoms. The van der Waals surface area contributed by atoms with Gasteiger partial charge in [-0.1, -0.05) is 13.8 Å². The summed E-state index contributed by atoms with van der Waals surface area (Å²) in [6, 6.07) is 9.71. The second kappa shape index (κ2) is 8.98. The molecule has 6 rings (SSSR count). The summed E-state index contributed by atoms with van der Waals surface area (Å²) >= 11 is 0. The lowest BCUT2D eigenvalue weighted by Gasteiger charge is -2.08. The Morgan fingerprint density at radius 1 is 1.11 bits per heavy atom. The van der Waals surface area contributed by atoms with Crippen molar-refractivity contribution in [1.29, 1.82) is 0 Å². The first-order valence-corrected chi connectivity index (χ1v) is 12.0. The minimum absolute atomic E-state index is 0.0343. The number of amides is 1. The molecule has 0 aliphatic heterocycles. The number of nitrogens with one attached hydrogen (secondary N) is 3. The molecule has 0 aliphatic rings. The van der Waals surface area contributed by atoms with Crippen LogP contribution >= 0.6 is 0 Å². The fourth-order valence-electron chi connectivity index (χ4n) is 4.39. The minimum Gasteiger partial charge on any atom is -0.353 e. The zero-order valence-corrected chi connectivity index (χ0v) is 20.6. The molecule has 1 amide bonds. The van der Waals surface area contributed by atoms with Crippen LogP contribution in [0, 0.1) is 12.8 Å². The van der Waals surface area contributed by atoms with E-state index in [-0.39, 0.29) is 11.8 Å². The van der Waals surface area contributed by atoms with Crippen molar-refractivity contribution in [3.63, 3.8) is 0 Å². The minimum atomic E-state index is -0.0343. The average molecular weight is 492 g/mol. The molecule has 10 nitrogen and oxygen atoms in total. The van der Waals surface area contributed by atoms with Crippen LogP contribution in [0.15, 0.2) is 61.4 Å². The molecular formula is C27H25N9O. The van der Waals surface area contributed by atoms with Crippen LogP contribution in [0.2, 0.25) is 0 Å². The Balaban J connectivity index is 1.38. The number of hydrogen-bond donors (Lipinski definition) is 3. The van der Waals surface area contributed by atoms with Gasteiger partial charge in [-0.15, -0.1) is 0 Å². The highest BCUT2D eigenvalue weighted by Crippen LogP contribution is 2.31. The molecule has 0 unspecified atom stereocenters. The summed E-state index contributed by atoms with van der Waals surface area (Å²) in [7, 11) is 0. The van der Waals surface area contributed by atoms with Crippen molar-refractivity contribution in [2.45, 2.75) is 27.2 Å². The molecule has 0 bridgehead atoms. The molecule has 0 aliphatic carbocycles. The van der Waals surface area contributed by atoms with Crippen LogP contribution in [0.1, 0.15) is 26.0 Å². The van der Waals surface area contributed by atoms with Gasteiger partial charge in [0.25, 0.3) is 0 Å². The van der Waals surface area contributed by atoms with Gasteiger partial charge in [0.2, 0.25) is 5.91 Å². The van der Waals surface area contributed by atoms with Gasteiger partial charge in [-0.3, -0.25) is 19.4 Å². The van der Waals surface area contributed by atoms with Crippen LogP contribution in [-0.4, -0.2) is 45.6 Å². The van der Waals surface area contributed by atoms with E-state index in [1.165, 1.54) is 0 Å². The molecular weight excluding hydrogens is 466 g/mol. The van der Waals surface area contributed by atoms with E-state index >= 15 is 0 Å².